The van der Waals surface area contributed by atoms with Gasteiger partial charge in [-0.15, -0.1) is 0 Å². The maximum Gasteiger partial charge on any atom is 0.330 e. The van der Waals surface area contributed by atoms with Crippen LogP contribution in [0.5, 0.6) is 11.5 Å². The molecule has 1 amide bonds. The highest BCUT2D eigenvalue weighted by atomic mass is 35.5. The molecular weight excluding hydrogens is 464 g/mol. The van der Waals surface area contributed by atoms with Gasteiger partial charge in [-0.2, -0.15) is 0 Å². The first-order chi connectivity index (χ1) is 16.4. The number of halogens is 1. The van der Waals surface area contributed by atoms with E-state index in [0.717, 1.165) is 6.42 Å². The zero-order chi connectivity index (χ0) is 24.2. The number of anilines is 2. The Morgan fingerprint density at radius 2 is 2.06 bits per heavy atom. The fourth-order valence-corrected chi connectivity index (χ4v) is 4.05. The number of fused-ring (bicyclic) bond motifs is 1. The van der Waals surface area contributed by atoms with Gasteiger partial charge in [0.1, 0.15) is 24.8 Å². The van der Waals surface area contributed by atoms with E-state index in [9.17, 15) is 14.4 Å². The van der Waals surface area contributed by atoms with Crippen molar-refractivity contribution in [1.82, 2.24) is 9.55 Å². The molecule has 3 N–H and O–H groups in total. The Morgan fingerprint density at radius 1 is 1.26 bits per heavy atom. The van der Waals surface area contributed by atoms with Crippen molar-refractivity contribution in [2.24, 2.45) is 0 Å². The molecule has 0 fully saturated rings. The van der Waals surface area contributed by atoms with E-state index in [1.54, 1.807) is 24.3 Å². The smallest absolute Gasteiger partial charge is 0.330 e. The van der Waals surface area contributed by atoms with Gasteiger partial charge in [0.25, 0.3) is 5.56 Å². The molecule has 10 nitrogen and oxygen atoms in total. The van der Waals surface area contributed by atoms with E-state index in [-0.39, 0.29) is 24.5 Å². The maximum atomic E-state index is 13.5. The van der Waals surface area contributed by atoms with Crippen LogP contribution < -0.4 is 31.4 Å². The molecule has 2 aromatic heterocycles. The minimum atomic E-state index is -0.754. The van der Waals surface area contributed by atoms with Crippen molar-refractivity contribution in [2.75, 3.05) is 23.8 Å². The van der Waals surface area contributed by atoms with Gasteiger partial charge in [-0.05, 0) is 36.2 Å². The van der Waals surface area contributed by atoms with Crippen LogP contribution in [0, 0.1) is 0 Å². The van der Waals surface area contributed by atoms with Gasteiger partial charge in [0.05, 0.1) is 24.3 Å². The first-order valence-electron chi connectivity index (χ1n) is 10.9. The van der Waals surface area contributed by atoms with E-state index >= 15 is 0 Å². The van der Waals surface area contributed by atoms with Gasteiger partial charge < -0.3 is 19.6 Å². The molecule has 1 aliphatic rings. The van der Waals surface area contributed by atoms with Crippen LogP contribution in [0.15, 0.2) is 44.5 Å². The minimum absolute atomic E-state index is 0.0522. The largest absolute Gasteiger partial charge is 0.486 e. The third kappa shape index (κ3) is 4.81. The first kappa shape index (κ1) is 23.5. The number of amides is 1. The van der Waals surface area contributed by atoms with Gasteiger partial charge in [-0.1, -0.05) is 24.9 Å². The number of nitrogens with one attached hydrogen (secondary N) is 1. The fourth-order valence-electron chi connectivity index (χ4n) is 3.76. The molecule has 0 saturated heterocycles. The van der Waals surface area contributed by atoms with Gasteiger partial charge in [0.2, 0.25) is 5.91 Å². The molecule has 0 radical (unpaired) electrons. The Bertz CT molecular complexity index is 1300. The summed E-state index contributed by atoms with van der Waals surface area (Å²) in [6.07, 6.45) is 2.86. The summed E-state index contributed by atoms with van der Waals surface area (Å²) in [4.78, 5) is 42.2. The zero-order valence-electron chi connectivity index (χ0n) is 18.6. The molecule has 11 heteroatoms. The topological polar surface area (TPSA) is 133 Å². The number of hydrogen-bond donors (Lipinski definition) is 2. The molecule has 4 rings (SSSR count). The van der Waals surface area contributed by atoms with Crippen LogP contribution in [-0.4, -0.2) is 28.7 Å². The predicted molar refractivity (Wildman–Crippen MR) is 127 cm³/mol. The number of nitrogen functional groups attached to an aromatic ring is 1. The van der Waals surface area contributed by atoms with E-state index in [1.165, 1.54) is 15.7 Å². The summed E-state index contributed by atoms with van der Waals surface area (Å²) in [5.41, 5.74) is 5.34. The van der Waals surface area contributed by atoms with Crippen molar-refractivity contribution in [1.29, 1.82) is 0 Å². The van der Waals surface area contributed by atoms with Crippen molar-refractivity contribution in [3.05, 3.63) is 67.7 Å². The number of benzene rings is 1. The number of ether oxygens (including phenoxy) is 2. The zero-order valence-corrected chi connectivity index (χ0v) is 19.4. The normalized spacial score (nSPS) is 12.5. The standard InChI is InChI=1S/C23H25ClN4O6/c1-2-3-6-27-21(25)19(22(30)26-23(27)31)28(13-15-5-4-7-32-15)18(29)12-14-10-16(24)20-17(11-14)33-8-9-34-20/h4-5,7,10-11H,2-3,6,8-9,12-13,25H2,1H3,(H,26,30,31). The number of H-pyrrole nitrogens is 1. The minimum Gasteiger partial charge on any atom is -0.486 e. The summed E-state index contributed by atoms with van der Waals surface area (Å²) >= 11 is 6.32. The van der Waals surface area contributed by atoms with Gasteiger partial charge in [-0.3, -0.25) is 24.0 Å². The molecule has 3 aromatic rings. The molecule has 0 atom stereocenters. The third-order valence-electron chi connectivity index (χ3n) is 5.43. The summed E-state index contributed by atoms with van der Waals surface area (Å²) in [5, 5.41) is 0.322. The van der Waals surface area contributed by atoms with E-state index in [1.807, 2.05) is 6.92 Å². The molecule has 180 valence electrons. The highest BCUT2D eigenvalue weighted by Crippen LogP contribution is 2.38. The quantitative estimate of drug-likeness (QED) is 0.498. The summed E-state index contributed by atoms with van der Waals surface area (Å²) in [5.74, 6) is 0.799. The van der Waals surface area contributed by atoms with Gasteiger partial charge in [0.15, 0.2) is 17.2 Å². The molecule has 0 aliphatic carbocycles. The number of carbonyl (C=O) groups is 1. The number of rotatable bonds is 8. The number of carbonyl (C=O) groups excluding carboxylic acids is 1. The number of hydrogen-bond acceptors (Lipinski definition) is 7. The Hall–Kier alpha value is -3.66. The molecular formula is C23H25ClN4O6. The van der Waals surface area contributed by atoms with E-state index in [0.29, 0.717) is 54.0 Å². The number of furan rings is 1. The van der Waals surface area contributed by atoms with Crippen LogP contribution >= 0.6 is 11.6 Å². The van der Waals surface area contributed by atoms with Gasteiger partial charge in [0, 0.05) is 6.54 Å². The average Bonchev–Trinajstić information content (AvgIpc) is 3.31. The summed E-state index contributed by atoms with van der Waals surface area (Å²) < 4.78 is 17.8. The highest BCUT2D eigenvalue weighted by molar-refractivity contribution is 6.32. The first-order valence-corrected chi connectivity index (χ1v) is 11.3. The fraction of sp³-hybridized carbons (Fsp3) is 0.348. The third-order valence-corrected chi connectivity index (χ3v) is 5.71. The van der Waals surface area contributed by atoms with E-state index in [4.69, 9.17) is 31.2 Å². The molecule has 0 unspecified atom stereocenters. The van der Waals surface area contributed by atoms with E-state index in [2.05, 4.69) is 4.98 Å². The lowest BCUT2D eigenvalue weighted by atomic mass is 10.1. The highest BCUT2D eigenvalue weighted by Gasteiger charge is 2.26. The van der Waals surface area contributed by atoms with Crippen LogP contribution in [0.25, 0.3) is 0 Å². The van der Waals surface area contributed by atoms with Gasteiger partial charge >= 0.3 is 5.69 Å². The predicted octanol–water partition coefficient (Wildman–Crippen LogP) is 2.71. The lowest BCUT2D eigenvalue weighted by Gasteiger charge is -2.24. The van der Waals surface area contributed by atoms with Crippen molar-refractivity contribution >= 4 is 29.0 Å². The molecule has 34 heavy (non-hydrogen) atoms. The molecule has 1 aromatic carbocycles. The average molecular weight is 489 g/mol. The summed E-state index contributed by atoms with van der Waals surface area (Å²) in [6, 6.07) is 6.65. The van der Waals surface area contributed by atoms with Crippen LogP contribution in [-0.2, 0) is 24.3 Å². The van der Waals surface area contributed by atoms with Crippen LogP contribution in [0.2, 0.25) is 5.02 Å². The Kier molecular flexibility index (Phi) is 6.97. The summed E-state index contributed by atoms with van der Waals surface area (Å²) in [7, 11) is 0. The van der Waals surface area contributed by atoms with Crippen molar-refractivity contribution < 1.29 is 18.7 Å². The lowest BCUT2D eigenvalue weighted by molar-refractivity contribution is -0.118. The Balaban J connectivity index is 1.73. The molecule has 1 aliphatic heterocycles. The number of nitrogens with zero attached hydrogens (tertiary/aromatic N) is 2. The molecule has 0 saturated carbocycles. The van der Waals surface area contributed by atoms with Crippen molar-refractivity contribution in [3.63, 3.8) is 0 Å². The molecule has 0 spiro atoms. The van der Waals surface area contributed by atoms with Crippen LogP contribution in [0.3, 0.4) is 0 Å². The number of unbranched alkanes of at least 4 members (excludes halogenated alkanes) is 1. The maximum absolute atomic E-state index is 13.5. The van der Waals surface area contributed by atoms with Crippen molar-refractivity contribution in [3.8, 4) is 11.5 Å². The molecule has 3 heterocycles. The lowest BCUT2D eigenvalue weighted by Crippen LogP contribution is -2.41. The summed E-state index contributed by atoms with van der Waals surface area (Å²) in [6.45, 7) is 2.99. The number of aromatic amines is 1. The van der Waals surface area contributed by atoms with Crippen molar-refractivity contribution in [2.45, 2.75) is 39.3 Å². The molecule has 0 bridgehead atoms. The van der Waals surface area contributed by atoms with Crippen LogP contribution in [0.4, 0.5) is 11.5 Å². The SMILES string of the molecule is CCCCn1c(N)c(N(Cc2ccco2)C(=O)Cc2cc(Cl)c3c(c2)OCCO3)c(=O)[nH]c1=O. The van der Waals surface area contributed by atoms with Gasteiger partial charge in [-0.25, -0.2) is 4.79 Å². The monoisotopic (exact) mass is 488 g/mol. The second-order valence-corrected chi connectivity index (χ2v) is 8.24. The van der Waals surface area contributed by atoms with Crippen LogP contribution in [0.1, 0.15) is 31.1 Å². The second kappa shape index (κ2) is 10.1. The number of aromatic nitrogens is 2. The Labute approximate surface area is 199 Å². The van der Waals surface area contributed by atoms with E-state index < -0.39 is 17.2 Å². The second-order valence-electron chi connectivity index (χ2n) is 7.84. The number of nitrogens with two attached hydrogens (primary N) is 1. The Morgan fingerprint density at radius 3 is 2.79 bits per heavy atom.